The number of hydrogen-bond acceptors (Lipinski definition) is 6. The number of halogens is 9. The van der Waals surface area contributed by atoms with E-state index in [1.54, 1.807) is 0 Å². The van der Waals surface area contributed by atoms with Crippen LogP contribution in [0.2, 0.25) is 0 Å². The second-order valence-corrected chi connectivity index (χ2v) is 7.79. The van der Waals surface area contributed by atoms with Crippen molar-refractivity contribution in [3.63, 3.8) is 0 Å². The topological polar surface area (TPSA) is 66.4 Å². The Bertz CT molecular complexity index is 1450. The number of nitrogens with zero attached hydrogens (tertiary/aromatic N) is 3. The smallest absolute Gasteiger partial charge is 0.344 e. The normalized spacial score (nSPS) is 10.5. The molecule has 3 aromatic carbocycles. The first kappa shape index (κ1) is 29.6. The fraction of sp³-hybridized carbons (Fsp3) is 0. The zero-order chi connectivity index (χ0) is 30.4. The van der Waals surface area contributed by atoms with Gasteiger partial charge in [0.15, 0.2) is 17.5 Å². The van der Waals surface area contributed by atoms with E-state index in [9.17, 15) is 39.5 Å². The predicted octanol–water partition coefficient (Wildman–Crippen LogP) is 9.11. The lowest BCUT2D eigenvalue weighted by Gasteiger charge is -2.10. The largest absolute Gasteiger partial charge is 0.428 e. The van der Waals surface area contributed by atoms with Crippen molar-refractivity contribution in [2.75, 3.05) is 0 Å². The quantitative estimate of drug-likeness (QED) is 0.142. The Morgan fingerprint density at radius 2 is 0.571 bits per heavy atom. The molecule has 4 rings (SSSR count). The van der Waals surface area contributed by atoms with Gasteiger partial charge in [0.2, 0.25) is 0 Å². The van der Waals surface area contributed by atoms with Crippen molar-refractivity contribution in [2.45, 2.75) is 0 Å². The fourth-order valence-corrected chi connectivity index (χ4v) is 3.21. The van der Waals surface area contributed by atoms with E-state index >= 15 is 0 Å². The average molecular weight is 597 g/mol. The summed E-state index contributed by atoms with van der Waals surface area (Å²) in [6.45, 7) is 0. The summed E-state index contributed by atoms with van der Waals surface area (Å²) >= 11 is 0. The molecule has 0 aliphatic carbocycles. The highest BCUT2D eigenvalue weighted by Crippen LogP contribution is 2.29. The summed E-state index contributed by atoms with van der Waals surface area (Å²) in [5.74, 6) is -0.754. The molecule has 0 aliphatic rings. The third kappa shape index (κ3) is 7.44. The minimum absolute atomic E-state index is 0.0110. The van der Waals surface area contributed by atoms with Gasteiger partial charge in [-0.15, -0.1) is 0 Å². The SMILES string of the molecule is FC(F)=C(F)Oc1ccc(-c2nc(-c3ccc(OC(F)=C(F)F)cc3)nc(-c3ccc(OC(F)=C(F)F)cc3)n2)cc1. The molecule has 1 aromatic heterocycles. The summed E-state index contributed by atoms with van der Waals surface area (Å²) in [5.41, 5.74) is 0.857. The van der Waals surface area contributed by atoms with Crippen LogP contribution in [0.25, 0.3) is 34.2 Å². The van der Waals surface area contributed by atoms with Crippen LogP contribution in [0.4, 0.5) is 39.5 Å². The van der Waals surface area contributed by atoms with Gasteiger partial charge in [-0.05, 0) is 72.8 Å². The van der Waals surface area contributed by atoms with Crippen LogP contribution in [0.1, 0.15) is 0 Å². The summed E-state index contributed by atoms with van der Waals surface area (Å²) in [5, 5.41) is 0. The van der Waals surface area contributed by atoms with Gasteiger partial charge in [0.25, 0.3) is 0 Å². The molecule has 1 heterocycles. The van der Waals surface area contributed by atoms with Gasteiger partial charge in [0.1, 0.15) is 17.2 Å². The molecule has 216 valence electrons. The van der Waals surface area contributed by atoms with Crippen LogP contribution in [-0.4, -0.2) is 15.0 Å². The molecule has 4 aromatic rings. The van der Waals surface area contributed by atoms with Gasteiger partial charge >= 0.3 is 36.3 Å². The second kappa shape index (κ2) is 12.9. The van der Waals surface area contributed by atoms with Crippen LogP contribution in [0.3, 0.4) is 0 Å². The molecule has 0 saturated carbocycles. The van der Waals surface area contributed by atoms with Crippen molar-refractivity contribution in [3.8, 4) is 51.4 Å². The molecule has 0 aliphatic heterocycles. The van der Waals surface area contributed by atoms with Gasteiger partial charge in [-0.3, -0.25) is 0 Å². The average Bonchev–Trinajstić information content (AvgIpc) is 2.98. The van der Waals surface area contributed by atoms with Crippen molar-refractivity contribution in [2.24, 2.45) is 0 Å². The first-order valence-electron chi connectivity index (χ1n) is 11.2. The lowest BCUT2D eigenvalue weighted by atomic mass is 10.1. The van der Waals surface area contributed by atoms with E-state index in [1.807, 2.05) is 0 Å². The maximum atomic E-state index is 13.1. The summed E-state index contributed by atoms with van der Waals surface area (Å²) in [4.78, 5) is 13.0. The Morgan fingerprint density at radius 3 is 0.762 bits per heavy atom. The second-order valence-electron chi connectivity index (χ2n) is 7.79. The number of ether oxygens (including phenoxy) is 3. The maximum Gasteiger partial charge on any atom is 0.344 e. The van der Waals surface area contributed by atoms with Crippen LogP contribution in [-0.2, 0) is 0 Å². The minimum Gasteiger partial charge on any atom is -0.428 e. The number of benzene rings is 3. The Labute approximate surface area is 229 Å². The molecular weight excluding hydrogens is 585 g/mol. The Morgan fingerprint density at radius 1 is 0.357 bits per heavy atom. The molecule has 0 bridgehead atoms. The lowest BCUT2D eigenvalue weighted by molar-refractivity contribution is 0.241. The van der Waals surface area contributed by atoms with E-state index in [4.69, 9.17) is 0 Å². The van der Waals surface area contributed by atoms with E-state index < -0.39 is 36.3 Å². The van der Waals surface area contributed by atoms with Crippen LogP contribution in [0.15, 0.2) is 109 Å². The van der Waals surface area contributed by atoms with E-state index in [0.29, 0.717) is 0 Å². The number of rotatable bonds is 9. The van der Waals surface area contributed by atoms with E-state index in [-0.39, 0.29) is 51.4 Å². The molecule has 15 heteroatoms. The van der Waals surface area contributed by atoms with Crippen molar-refractivity contribution in [3.05, 3.63) is 109 Å². The predicted molar refractivity (Wildman–Crippen MR) is 129 cm³/mol. The van der Waals surface area contributed by atoms with Gasteiger partial charge < -0.3 is 14.2 Å². The molecule has 0 radical (unpaired) electrons. The molecule has 42 heavy (non-hydrogen) atoms. The van der Waals surface area contributed by atoms with Crippen LogP contribution in [0, 0.1) is 0 Å². The molecule has 0 N–H and O–H groups in total. The zero-order valence-corrected chi connectivity index (χ0v) is 20.4. The van der Waals surface area contributed by atoms with Crippen molar-refractivity contribution >= 4 is 0 Å². The summed E-state index contributed by atoms with van der Waals surface area (Å²) in [7, 11) is 0. The first-order chi connectivity index (χ1) is 20.0. The highest BCUT2D eigenvalue weighted by molar-refractivity contribution is 5.67. The fourth-order valence-electron chi connectivity index (χ4n) is 3.21. The van der Waals surface area contributed by atoms with Crippen molar-refractivity contribution in [1.82, 2.24) is 15.0 Å². The lowest BCUT2D eigenvalue weighted by Crippen LogP contribution is -2.00. The maximum absolute atomic E-state index is 13.1. The highest BCUT2D eigenvalue weighted by Gasteiger charge is 2.15. The molecule has 0 saturated heterocycles. The number of aromatic nitrogens is 3. The van der Waals surface area contributed by atoms with Gasteiger partial charge in [0, 0.05) is 16.7 Å². The monoisotopic (exact) mass is 597 g/mol. The highest BCUT2D eigenvalue weighted by atomic mass is 19.3. The van der Waals surface area contributed by atoms with Crippen LogP contribution in [0.5, 0.6) is 17.2 Å². The third-order valence-electron chi connectivity index (χ3n) is 5.04. The standard InChI is InChI=1S/C27H12F9N3O3/c28-19(29)22(34)40-16-7-1-13(2-8-16)25-37-26(14-3-9-17(10-4-14)41-23(35)20(30)31)39-27(38-25)15-5-11-18(12-6-15)42-24(36)21(32)33/h1-12H. The molecule has 0 atom stereocenters. The van der Waals surface area contributed by atoms with Gasteiger partial charge in [-0.2, -0.15) is 39.5 Å². The van der Waals surface area contributed by atoms with Gasteiger partial charge in [-0.25, -0.2) is 15.0 Å². The molecule has 0 spiro atoms. The van der Waals surface area contributed by atoms with Crippen LogP contribution >= 0.6 is 0 Å². The number of hydrogen-bond donors (Lipinski definition) is 0. The molecular formula is C27H12F9N3O3. The molecule has 0 fully saturated rings. The zero-order valence-electron chi connectivity index (χ0n) is 20.4. The van der Waals surface area contributed by atoms with E-state index in [2.05, 4.69) is 29.2 Å². The molecule has 6 nitrogen and oxygen atoms in total. The van der Waals surface area contributed by atoms with Crippen molar-refractivity contribution < 1.29 is 53.7 Å². The Balaban J connectivity index is 1.73. The Kier molecular flexibility index (Phi) is 9.09. The minimum atomic E-state index is -2.65. The van der Waals surface area contributed by atoms with Gasteiger partial charge in [0.05, 0.1) is 0 Å². The first-order valence-corrected chi connectivity index (χ1v) is 11.2. The van der Waals surface area contributed by atoms with E-state index in [0.717, 1.165) is 36.4 Å². The van der Waals surface area contributed by atoms with Crippen LogP contribution < -0.4 is 14.2 Å². The van der Waals surface area contributed by atoms with E-state index in [1.165, 1.54) is 36.4 Å². The summed E-state index contributed by atoms with van der Waals surface area (Å²) in [6, 6.07) is 8.72. The van der Waals surface area contributed by atoms with Crippen molar-refractivity contribution in [1.29, 1.82) is 0 Å². The summed E-state index contributed by atoms with van der Waals surface area (Å²) in [6.07, 6.45) is -7.96. The third-order valence-corrected chi connectivity index (χ3v) is 5.04. The Hall–Kier alpha value is -5.34. The molecule has 0 unspecified atom stereocenters. The van der Waals surface area contributed by atoms with Gasteiger partial charge in [-0.1, -0.05) is 0 Å². The summed E-state index contributed by atoms with van der Waals surface area (Å²) < 4.78 is 127. The molecule has 0 amide bonds.